The minimum absolute atomic E-state index is 0.00933. The highest BCUT2D eigenvalue weighted by molar-refractivity contribution is 5.99. The third-order valence-corrected chi connectivity index (χ3v) is 3.55. The van der Waals surface area contributed by atoms with Gasteiger partial charge in [0, 0.05) is 11.1 Å². The van der Waals surface area contributed by atoms with Gasteiger partial charge in [-0.25, -0.2) is 9.59 Å². The third-order valence-electron chi connectivity index (χ3n) is 3.55. The predicted octanol–water partition coefficient (Wildman–Crippen LogP) is 2.07. The Bertz CT molecular complexity index is 437. The number of carboxylic acids is 1. The van der Waals surface area contributed by atoms with Gasteiger partial charge in [-0.1, -0.05) is 13.8 Å². The number of aliphatic carboxylic acids is 1. The molecule has 1 N–H and O–H groups in total. The van der Waals surface area contributed by atoms with Gasteiger partial charge in [-0.2, -0.15) is 0 Å². The first-order valence-corrected chi connectivity index (χ1v) is 7.26. The highest BCUT2D eigenvalue weighted by Gasteiger charge is 2.24. The third kappa shape index (κ3) is 5.21. The SMILES string of the molecule is CCC(C)C(=O)OCCOC(=O)C1=C(C(=O)O)CCCC1. The first kappa shape index (κ1) is 17.2. The number of carboxylic acid groups (broad SMARTS) is 1. The summed E-state index contributed by atoms with van der Waals surface area (Å²) in [5.74, 6) is -2.19. The second kappa shape index (κ2) is 8.44. The Labute approximate surface area is 124 Å². The predicted molar refractivity (Wildman–Crippen MR) is 74.5 cm³/mol. The summed E-state index contributed by atoms with van der Waals surface area (Å²) >= 11 is 0. The molecule has 0 saturated heterocycles. The van der Waals surface area contributed by atoms with Gasteiger partial charge in [-0.05, 0) is 32.1 Å². The standard InChI is InChI=1S/C15H22O6/c1-3-10(2)14(18)20-8-9-21-15(19)12-7-5-4-6-11(12)13(16)17/h10H,3-9H2,1-2H3,(H,16,17). The molecule has 0 radical (unpaired) electrons. The lowest BCUT2D eigenvalue weighted by Gasteiger charge is -2.16. The zero-order valence-corrected chi connectivity index (χ0v) is 12.5. The Balaban J connectivity index is 2.43. The maximum atomic E-state index is 11.9. The van der Waals surface area contributed by atoms with E-state index in [4.69, 9.17) is 14.6 Å². The van der Waals surface area contributed by atoms with Crippen molar-refractivity contribution in [1.29, 1.82) is 0 Å². The molecule has 1 aliphatic carbocycles. The second-order valence-corrected chi connectivity index (χ2v) is 5.08. The van der Waals surface area contributed by atoms with Crippen molar-refractivity contribution in [2.24, 2.45) is 5.92 Å². The highest BCUT2D eigenvalue weighted by atomic mass is 16.6. The summed E-state index contributed by atoms with van der Waals surface area (Å²) in [6, 6.07) is 0. The number of hydrogen-bond donors (Lipinski definition) is 1. The average Bonchev–Trinajstić information content (AvgIpc) is 2.50. The lowest BCUT2D eigenvalue weighted by Crippen LogP contribution is -2.21. The largest absolute Gasteiger partial charge is 0.478 e. The van der Waals surface area contributed by atoms with Crippen LogP contribution >= 0.6 is 0 Å². The lowest BCUT2D eigenvalue weighted by atomic mass is 9.92. The lowest BCUT2D eigenvalue weighted by molar-refractivity contribution is -0.153. The molecule has 6 nitrogen and oxygen atoms in total. The van der Waals surface area contributed by atoms with Gasteiger partial charge in [-0.3, -0.25) is 4.79 Å². The fourth-order valence-electron chi connectivity index (χ4n) is 2.04. The van der Waals surface area contributed by atoms with E-state index in [1.807, 2.05) is 6.92 Å². The summed E-state index contributed by atoms with van der Waals surface area (Å²) in [4.78, 5) is 34.3. The molecule has 0 aromatic carbocycles. The first-order valence-electron chi connectivity index (χ1n) is 7.26. The van der Waals surface area contributed by atoms with Crippen LogP contribution in [0.5, 0.6) is 0 Å². The van der Waals surface area contributed by atoms with Gasteiger partial charge in [0.1, 0.15) is 13.2 Å². The fourth-order valence-corrected chi connectivity index (χ4v) is 2.04. The Kier molecular flexibility index (Phi) is 6.91. The van der Waals surface area contributed by atoms with Crippen LogP contribution in [-0.2, 0) is 23.9 Å². The van der Waals surface area contributed by atoms with Crippen LogP contribution in [0.1, 0.15) is 46.0 Å². The number of carbonyl (C=O) groups is 3. The first-order chi connectivity index (χ1) is 9.97. The molecule has 1 atom stereocenters. The maximum Gasteiger partial charge on any atom is 0.334 e. The van der Waals surface area contributed by atoms with Gasteiger partial charge in [0.25, 0.3) is 0 Å². The van der Waals surface area contributed by atoms with Crippen molar-refractivity contribution in [3.8, 4) is 0 Å². The molecule has 0 aliphatic heterocycles. The summed E-state index contributed by atoms with van der Waals surface area (Å²) in [7, 11) is 0. The van der Waals surface area contributed by atoms with E-state index in [9.17, 15) is 14.4 Å². The van der Waals surface area contributed by atoms with Crippen molar-refractivity contribution in [1.82, 2.24) is 0 Å². The van der Waals surface area contributed by atoms with Crippen LogP contribution in [0, 0.1) is 5.92 Å². The molecule has 0 amide bonds. The normalized spacial score (nSPS) is 16.3. The van der Waals surface area contributed by atoms with Crippen molar-refractivity contribution in [2.45, 2.75) is 46.0 Å². The van der Waals surface area contributed by atoms with Gasteiger partial charge >= 0.3 is 17.9 Å². The van der Waals surface area contributed by atoms with Crippen LogP contribution in [0.15, 0.2) is 11.1 Å². The van der Waals surface area contributed by atoms with Gasteiger partial charge in [0.05, 0.1) is 5.92 Å². The van der Waals surface area contributed by atoms with Crippen molar-refractivity contribution < 1.29 is 29.0 Å². The quantitative estimate of drug-likeness (QED) is 0.571. The fraction of sp³-hybridized carbons (Fsp3) is 0.667. The maximum absolute atomic E-state index is 11.9. The molecule has 0 fully saturated rings. The van der Waals surface area contributed by atoms with E-state index in [0.717, 1.165) is 12.8 Å². The topological polar surface area (TPSA) is 89.9 Å². The number of esters is 2. The van der Waals surface area contributed by atoms with Crippen molar-refractivity contribution in [3.63, 3.8) is 0 Å². The Morgan fingerprint density at radius 3 is 2.24 bits per heavy atom. The van der Waals surface area contributed by atoms with Crippen LogP contribution in [0.2, 0.25) is 0 Å². The van der Waals surface area contributed by atoms with E-state index in [-0.39, 0.29) is 36.2 Å². The summed E-state index contributed by atoms with van der Waals surface area (Å²) in [6.07, 6.45) is 3.05. The van der Waals surface area contributed by atoms with E-state index in [1.165, 1.54) is 0 Å². The number of carbonyl (C=O) groups excluding carboxylic acids is 2. The number of hydrogen-bond acceptors (Lipinski definition) is 5. The molecule has 1 aliphatic rings. The van der Waals surface area contributed by atoms with Crippen LogP contribution in [-0.4, -0.2) is 36.2 Å². The molecule has 0 heterocycles. The van der Waals surface area contributed by atoms with Gasteiger partial charge in [0.15, 0.2) is 0 Å². The summed E-state index contributed by atoms with van der Waals surface area (Å²) < 4.78 is 9.95. The minimum atomic E-state index is -1.06. The molecule has 0 aromatic heterocycles. The molecule has 118 valence electrons. The molecule has 21 heavy (non-hydrogen) atoms. The van der Waals surface area contributed by atoms with Gasteiger partial charge in [0.2, 0.25) is 0 Å². The zero-order valence-electron chi connectivity index (χ0n) is 12.5. The minimum Gasteiger partial charge on any atom is -0.478 e. The van der Waals surface area contributed by atoms with E-state index >= 15 is 0 Å². The smallest absolute Gasteiger partial charge is 0.334 e. The van der Waals surface area contributed by atoms with E-state index in [2.05, 4.69) is 0 Å². The second-order valence-electron chi connectivity index (χ2n) is 5.08. The molecule has 0 aromatic rings. The monoisotopic (exact) mass is 298 g/mol. The van der Waals surface area contributed by atoms with E-state index in [1.54, 1.807) is 6.92 Å². The highest BCUT2D eigenvalue weighted by Crippen LogP contribution is 2.25. The van der Waals surface area contributed by atoms with E-state index < -0.39 is 11.9 Å². The van der Waals surface area contributed by atoms with Crippen molar-refractivity contribution in [2.75, 3.05) is 13.2 Å². The van der Waals surface area contributed by atoms with Crippen LogP contribution in [0.3, 0.4) is 0 Å². The molecule has 1 unspecified atom stereocenters. The zero-order chi connectivity index (χ0) is 15.8. The van der Waals surface area contributed by atoms with Crippen molar-refractivity contribution in [3.05, 3.63) is 11.1 Å². The summed E-state index contributed by atoms with van der Waals surface area (Å²) in [5, 5.41) is 9.06. The molecule has 0 spiro atoms. The Hall–Kier alpha value is -1.85. The molecule has 0 saturated carbocycles. The van der Waals surface area contributed by atoms with E-state index in [0.29, 0.717) is 19.3 Å². The Morgan fingerprint density at radius 1 is 1.10 bits per heavy atom. The van der Waals surface area contributed by atoms with Crippen LogP contribution in [0.4, 0.5) is 0 Å². The van der Waals surface area contributed by atoms with Crippen LogP contribution in [0.25, 0.3) is 0 Å². The molecule has 0 bridgehead atoms. The number of ether oxygens (including phenoxy) is 2. The summed E-state index contributed by atoms with van der Waals surface area (Å²) in [5.41, 5.74) is 0.379. The van der Waals surface area contributed by atoms with Crippen LogP contribution < -0.4 is 0 Å². The number of rotatable bonds is 7. The molecular weight excluding hydrogens is 276 g/mol. The Morgan fingerprint density at radius 2 is 1.67 bits per heavy atom. The molecular formula is C15H22O6. The van der Waals surface area contributed by atoms with Crippen molar-refractivity contribution >= 4 is 17.9 Å². The average molecular weight is 298 g/mol. The molecule has 6 heteroatoms. The van der Waals surface area contributed by atoms with Gasteiger partial charge < -0.3 is 14.6 Å². The molecule has 1 rings (SSSR count). The summed E-state index contributed by atoms with van der Waals surface area (Å²) in [6.45, 7) is 3.58. The van der Waals surface area contributed by atoms with Gasteiger partial charge in [-0.15, -0.1) is 0 Å².